The lowest BCUT2D eigenvalue weighted by Gasteiger charge is -2.27. The molecule has 1 fully saturated rings. The summed E-state index contributed by atoms with van der Waals surface area (Å²) in [6.07, 6.45) is 1.13. The summed E-state index contributed by atoms with van der Waals surface area (Å²) < 4.78 is 0. The lowest BCUT2D eigenvalue weighted by atomic mass is 9.80. The molecule has 108 valence electrons. The smallest absolute Gasteiger partial charge is 0.253 e. The molecular weight excluding hydrogens is 248 g/mol. The summed E-state index contributed by atoms with van der Waals surface area (Å²) >= 11 is 0. The maximum absolute atomic E-state index is 12.6. The van der Waals surface area contributed by atoms with Crippen LogP contribution in [0.15, 0.2) is 18.2 Å². The molecule has 1 atom stereocenters. The maximum atomic E-state index is 12.6. The Bertz CT molecular complexity index is 530. The Morgan fingerprint density at radius 2 is 2.00 bits per heavy atom. The van der Waals surface area contributed by atoms with E-state index in [2.05, 4.69) is 38.2 Å². The quantitative estimate of drug-likeness (QED) is 0.852. The molecule has 0 aliphatic carbocycles. The standard InChI is InChI=1S/C17H24N2O/c1-17(2,3)15-6-7-19(11-15)16(20)12-4-5-13-9-18-10-14(13)8-12/h4-5,8,15,18H,6-7,9-11H2,1-3H3. The van der Waals surface area contributed by atoms with Crippen LogP contribution >= 0.6 is 0 Å². The fourth-order valence-corrected chi connectivity index (χ4v) is 3.26. The van der Waals surface area contributed by atoms with Crippen molar-refractivity contribution in [1.29, 1.82) is 0 Å². The fourth-order valence-electron chi connectivity index (χ4n) is 3.26. The highest BCUT2D eigenvalue weighted by Gasteiger charge is 2.34. The molecule has 0 aromatic heterocycles. The molecule has 1 N–H and O–H groups in total. The van der Waals surface area contributed by atoms with Crippen LogP contribution in [0.3, 0.4) is 0 Å². The third-order valence-electron chi connectivity index (χ3n) is 4.78. The molecule has 0 radical (unpaired) electrons. The fraction of sp³-hybridized carbons (Fsp3) is 0.588. The van der Waals surface area contributed by atoms with Gasteiger partial charge in [-0.05, 0) is 41.0 Å². The number of hydrogen-bond donors (Lipinski definition) is 1. The van der Waals surface area contributed by atoms with Crippen molar-refractivity contribution in [2.24, 2.45) is 11.3 Å². The van der Waals surface area contributed by atoms with Crippen LogP contribution in [0.25, 0.3) is 0 Å². The first kappa shape index (κ1) is 13.6. The number of carbonyl (C=O) groups excluding carboxylic acids is 1. The lowest BCUT2D eigenvalue weighted by molar-refractivity contribution is 0.0776. The minimum atomic E-state index is 0.200. The Kier molecular flexibility index (Phi) is 3.33. The van der Waals surface area contributed by atoms with Crippen molar-refractivity contribution in [3.05, 3.63) is 34.9 Å². The van der Waals surface area contributed by atoms with Crippen LogP contribution in [0, 0.1) is 11.3 Å². The van der Waals surface area contributed by atoms with Crippen molar-refractivity contribution in [3.8, 4) is 0 Å². The molecule has 1 amide bonds. The van der Waals surface area contributed by atoms with Gasteiger partial charge in [0.05, 0.1) is 0 Å². The Morgan fingerprint density at radius 1 is 1.25 bits per heavy atom. The third kappa shape index (κ3) is 2.47. The summed E-state index contributed by atoms with van der Waals surface area (Å²) in [5.41, 5.74) is 3.75. The van der Waals surface area contributed by atoms with Crippen molar-refractivity contribution in [3.63, 3.8) is 0 Å². The second-order valence-corrected chi connectivity index (χ2v) is 7.19. The van der Waals surface area contributed by atoms with Gasteiger partial charge in [-0.15, -0.1) is 0 Å². The highest BCUT2D eigenvalue weighted by molar-refractivity contribution is 5.94. The van der Waals surface area contributed by atoms with Gasteiger partial charge < -0.3 is 10.2 Å². The SMILES string of the molecule is CC(C)(C)C1CCN(C(=O)c2ccc3c(c2)CNC3)C1. The number of nitrogens with zero attached hydrogens (tertiary/aromatic N) is 1. The predicted molar refractivity (Wildman–Crippen MR) is 80.5 cm³/mol. The molecule has 3 heteroatoms. The lowest BCUT2D eigenvalue weighted by Crippen LogP contribution is -2.31. The zero-order valence-corrected chi connectivity index (χ0v) is 12.7. The van der Waals surface area contributed by atoms with Crippen LogP contribution in [0.2, 0.25) is 0 Å². The average molecular weight is 272 g/mol. The molecule has 3 rings (SSSR count). The minimum absolute atomic E-state index is 0.200. The number of benzene rings is 1. The van der Waals surface area contributed by atoms with E-state index in [-0.39, 0.29) is 11.3 Å². The summed E-state index contributed by atoms with van der Waals surface area (Å²) in [7, 11) is 0. The summed E-state index contributed by atoms with van der Waals surface area (Å²) in [5, 5.41) is 3.33. The highest BCUT2D eigenvalue weighted by Crippen LogP contribution is 2.34. The predicted octanol–water partition coefficient (Wildman–Crippen LogP) is 2.80. The summed E-state index contributed by atoms with van der Waals surface area (Å²) in [5.74, 6) is 0.814. The van der Waals surface area contributed by atoms with Crippen molar-refractivity contribution in [1.82, 2.24) is 10.2 Å². The Hall–Kier alpha value is -1.35. The van der Waals surface area contributed by atoms with Crippen molar-refractivity contribution in [2.75, 3.05) is 13.1 Å². The molecule has 1 aromatic rings. The van der Waals surface area contributed by atoms with E-state index in [9.17, 15) is 4.79 Å². The molecule has 2 aliphatic rings. The molecule has 0 spiro atoms. The van der Waals surface area contributed by atoms with Gasteiger partial charge in [-0.3, -0.25) is 4.79 Å². The number of hydrogen-bond acceptors (Lipinski definition) is 2. The van der Waals surface area contributed by atoms with Gasteiger partial charge in [0.25, 0.3) is 5.91 Å². The van der Waals surface area contributed by atoms with Crippen LogP contribution in [0.4, 0.5) is 0 Å². The molecule has 0 saturated carbocycles. The number of fused-ring (bicyclic) bond motifs is 1. The van der Waals surface area contributed by atoms with Gasteiger partial charge in [0.2, 0.25) is 0 Å². The van der Waals surface area contributed by atoms with Crippen LogP contribution in [0.5, 0.6) is 0 Å². The highest BCUT2D eigenvalue weighted by atomic mass is 16.2. The Morgan fingerprint density at radius 3 is 2.70 bits per heavy atom. The van der Waals surface area contributed by atoms with E-state index in [1.807, 2.05) is 11.0 Å². The van der Waals surface area contributed by atoms with E-state index >= 15 is 0 Å². The summed E-state index contributed by atoms with van der Waals surface area (Å²) in [6, 6.07) is 6.15. The largest absolute Gasteiger partial charge is 0.338 e. The minimum Gasteiger partial charge on any atom is -0.338 e. The van der Waals surface area contributed by atoms with Gasteiger partial charge in [0, 0.05) is 31.7 Å². The number of carbonyl (C=O) groups is 1. The molecule has 2 aliphatic heterocycles. The average Bonchev–Trinajstić information content (AvgIpc) is 3.05. The molecule has 1 aromatic carbocycles. The number of nitrogens with one attached hydrogen (secondary N) is 1. The first-order valence-corrected chi connectivity index (χ1v) is 7.57. The van der Waals surface area contributed by atoms with Crippen molar-refractivity contribution < 1.29 is 4.79 Å². The molecule has 3 nitrogen and oxygen atoms in total. The topological polar surface area (TPSA) is 32.3 Å². The second kappa shape index (κ2) is 4.88. The second-order valence-electron chi connectivity index (χ2n) is 7.19. The van der Waals surface area contributed by atoms with Crippen molar-refractivity contribution >= 4 is 5.91 Å². The van der Waals surface area contributed by atoms with Crippen LogP contribution in [-0.2, 0) is 13.1 Å². The van der Waals surface area contributed by atoms with E-state index in [1.165, 1.54) is 11.1 Å². The number of likely N-dealkylation sites (tertiary alicyclic amines) is 1. The normalized spacial score (nSPS) is 22.1. The van der Waals surface area contributed by atoms with E-state index in [0.29, 0.717) is 5.92 Å². The Balaban J connectivity index is 1.74. The zero-order valence-electron chi connectivity index (χ0n) is 12.7. The molecule has 2 heterocycles. The molecule has 20 heavy (non-hydrogen) atoms. The first-order chi connectivity index (χ1) is 9.45. The van der Waals surface area contributed by atoms with Crippen molar-refractivity contribution in [2.45, 2.75) is 40.3 Å². The zero-order chi connectivity index (χ0) is 14.3. The monoisotopic (exact) mass is 272 g/mol. The maximum Gasteiger partial charge on any atom is 0.253 e. The Labute approximate surface area is 121 Å². The van der Waals surface area contributed by atoms with E-state index < -0.39 is 0 Å². The van der Waals surface area contributed by atoms with Gasteiger partial charge in [-0.2, -0.15) is 0 Å². The van der Waals surface area contributed by atoms with E-state index in [0.717, 1.165) is 38.2 Å². The van der Waals surface area contributed by atoms with E-state index in [1.54, 1.807) is 0 Å². The van der Waals surface area contributed by atoms with Crippen LogP contribution in [-0.4, -0.2) is 23.9 Å². The number of amides is 1. The van der Waals surface area contributed by atoms with Gasteiger partial charge in [0.1, 0.15) is 0 Å². The van der Waals surface area contributed by atoms with Crippen LogP contribution < -0.4 is 5.32 Å². The van der Waals surface area contributed by atoms with Gasteiger partial charge in [-0.1, -0.05) is 26.8 Å². The molecular formula is C17H24N2O. The number of rotatable bonds is 1. The third-order valence-corrected chi connectivity index (χ3v) is 4.78. The molecule has 1 unspecified atom stereocenters. The first-order valence-electron chi connectivity index (χ1n) is 7.57. The van der Waals surface area contributed by atoms with Gasteiger partial charge in [-0.25, -0.2) is 0 Å². The van der Waals surface area contributed by atoms with E-state index in [4.69, 9.17) is 0 Å². The van der Waals surface area contributed by atoms with Gasteiger partial charge in [0.15, 0.2) is 0 Å². The summed E-state index contributed by atoms with van der Waals surface area (Å²) in [6.45, 7) is 10.4. The summed E-state index contributed by atoms with van der Waals surface area (Å²) in [4.78, 5) is 14.7. The molecule has 0 bridgehead atoms. The molecule has 1 saturated heterocycles. The van der Waals surface area contributed by atoms with Gasteiger partial charge >= 0.3 is 0 Å². The van der Waals surface area contributed by atoms with Crippen LogP contribution in [0.1, 0.15) is 48.7 Å².